The number of aryl methyl sites for hydroxylation is 1. The van der Waals surface area contributed by atoms with Gasteiger partial charge >= 0.3 is 0 Å². The van der Waals surface area contributed by atoms with Crippen LogP contribution in [0.25, 0.3) is 0 Å². The molecule has 0 fully saturated rings. The number of hydrogen-bond donors (Lipinski definition) is 1. The van der Waals surface area contributed by atoms with Crippen LogP contribution < -0.4 is 5.73 Å². The Morgan fingerprint density at radius 2 is 2.12 bits per heavy atom. The zero-order valence-electron chi connectivity index (χ0n) is 8.71. The molecule has 2 aromatic rings. The van der Waals surface area contributed by atoms with Gasteiger partial charge in [-0.15, -0.1) is 11.3 Å². The largest absolute Gasteiger partial charge is 0.320 e. The molecule has 2 N–H and O–H groups in total. The summed E-state index contributed by atoms with van der Waals surface area (Å²) in [6, 6.07) is 7.92. The normalized spacial score (nSPS) is 12.8. The number of hydrogen-bond acceptors (Lipinski definition) is 2. The van der Waals surface area contributed by atoms with Crippen LogP contribution in [0.1, 0.15) is 22.0 Å². The van der Waals surface area contributed by atoms with E-state index in [1.165, 1.54) is 5.56 Å². The van der Waals surface area contributed by atoms with E-state index in [9.17, 15) is 0 Å². The van der Waals surface area contributed by atoms with Crippen LogP contribution in [-0.4, -0.2) is 0 Å². The topological polar surface area (TPSA) is 26.0 Å². The summed E-state index contributed by atoms with van der Waals surface area (Å²) >= 11 is 11.2. The molecule has 0 aliphatic rings. The average Bonchev–Trinajstić information content (AvgIpc) is 2.62. The fourth-order valence-corrected chi connectivity index (χ4v) is 3.45. The van der Waals surface area contributed by atoms with E-state index in [1.807, 2.05) is 17.5 Å². The Kier molecular flexibility index (Phi) is 3.70. The van der Waals surface area contributed by atoms with Crippen molar-refractivity contribution in [3.63, 3.8) is 0 Å². The lowest BCUT2D eigenvalue weighted by atomic mass is 10.0. The average molecular weight is 317 g/mol. The molecule has 84 valence electrons. The molecule has 1 heterocycles. The van der Waals surface area contributed by atoms with E-state index in [2.05, 4.69) is 35.0 Å². The monoisotopic (exact) mass is 315 g/mol. The highest BCUT2D eigenvalue weighted by molar-refractivity contribution is 9.10. The number of thiophene rings is 1. The van der Waals surface area contributed by atoms with Crippen LogP contribution in [0.5, 0.6) is 0 Å². The molecule has 1 aromatic heterocycles. The fraction of sp³-hybridized carbons (Fsp3) is 0.167. The third kappa shape index (κ3) is 2.48. The molecule has 1 nitrogen and oxygen atoms in total. The Labute approximate surface area is 112 Å². The quantitative estimate of drug-likeness (QED) is 0.866. The predicted molar refractivity (Wildman–Crippen MR) is 74.2 cm³/mol. The molecule has 0 amide bonds. The summed E-state index contributed by atoms with van der Waals surface area (Å²) in [5.41, 5.74) is 8.47. The van der Waals surface area contributed by atoms with Crippen molar-refractivity contribution in [2.45, 2.75) is 13.0 Å². The SMILES string of the molecule is Cc1cc(Br)cc(C(N)c2sccc2Cl)c1. The highest BCUT2D eigenvalue weighted by Crippen LogP contribution is 2.32. The summed E-state index contributed by atoms with van der Waals surface area (Å²) in [5, 5.41) is 2.71. The molecule has 1 unspecified atom stereocenters. The van der Waals surface area contributed by atoms with Gasteiger partial charge in [0.05, 0.1) is 11.1 Å². The van der Waals surface area contributed by atoms with Gasteiger partial charge in [-0.2, -0.15) is 0 Å². The van der Waals surface area contributed by atoms with Gasteiger partial charge in [0.2, 0.25) is 0 Å². The predicted octanol–water partition coefficient (Wildman–Crippen LogP) is 4.52. The molecule has 0 bridgehead atoms. The molecule has 1 atom stereocenters. The van der Waals surface area contributed by atoms with Gasteiger partial charge in [0.1, 0.15) is 0 Å². The summed E-state index contributed by atoms with van der Waals surface area (Å²) in [4.78, 5) is 1.01. The first-order valence-corrected chi connectivity index (χ1v) is 6.88. The van der Waals surface area contributed by atoms with E-state index < -0.39 is 0 Å². The van der Waals surface area contributed by atoms with Crippen molar-refractivity contribution >= 4 is 38.9 Å². The Morgan fingerprint density at radius 1 is 1.38 bits per heavy atom. The van der Waals surface area contributed by atoms with E-state index in [0.717, 1.165) is 19.9 Å². The van der Waals surface area contributed by atoms with Crippen LogP contribution in [0.2, 0.25) is 5.02 Å². The van der Waals surface area contributed by atoms with Crippen molar-refractivity contribution in [3.8, 4) is 0 Å². The van der Waals surface area contributed by atoms with Crippen LogP contribution in [0, 0.1) is 6.92 Å². The molecule has 0 radical (unpaired) electrons. The molecule has 1 aromatic carbocycles. The van der Waals surface area contributed by atoms with Gasteiger partial charge in [0.25, 0.3) is 0 Å². The van der Waals surface area contributed by atoms with E-state index in [1.54, 1.807) is 11.3 Å². The maximum absolute atomic E-state index is 6.20. The second-order valence-electron chi connectivity index (χ2n) is 3.67. The van der Waals surface area contributed by atoms with Crippen LogP contribution in [0.4, 0.5) is 0 Å². The Balaban J connectivity index is 2.41. The lowest BCUT2D eigenvalue weighted by molar-refractivity contribution is 0.890. The smallest absolute Gasteiger partial charge is 0.0661 e. The molecule has 4 heteroatoms. The van der Waals surface area contributed by atoms with Gasteiger partial charge in [0.15, 0.2) is 0 Å². The number of benzene rings is 1. The van der Waals surface area contributed by atoms with Gasteiger partial charge < -0.3 is 5.73 Å². The third-order valence-electron chi connectivity index (χ3n) is 2.35. The number of halogens is 2. The molecule has 16 heavy (non-hydrogen) atoms. The molecule has 2 rings (SSSR count). The van der Waals surface area contributed by atoms with Gasteiger partial charge in [-0.1, -0.05) is 33.6 Å². The highest BCUT2D eigenvalue weighted by atomic mass is 79.9. The lowest BCUT2D eigenvalue weighted by Crippen LogP contribution is -2.10. The molecule has 0 saturated carbocycles. The maximum atomic E-state index is 6.20. The van der Waals surface area contributed by atoms with Crippen molar-refractivity contribution in [2.75, 3.05) is 0 Å². The Hall–Kier alpha value is -0.350. The van der Waals surface area contributed by atoms with E-state index in [0.29, 0.717) is 0 Å². The zero-order chi connectivity index (χ0) is 11.7. The summed E-state index contributed by atoms with van der Waals surface area (Å²) in [6.45, 7) is 2.05. The Morgan fingerprint density at radius 3 is 2.69 bits per heavy atom. The lowest BCUT2D eigenvalue weighted by Gasteiger charge is -2.12. The Bertz CT molecular complexity index is 489. The first kappa shape index (κ1) is 12.1. The second-order valence-corrected chi connectivity index (χ2v) is 5.94. The zero-order valence-corrected chi connectivity index (χ0v) is 11.9. The number of rotatable bonds is 2. The summed E-state index contributed by atoms with van der Waals surface area (Å²) in [5.74, 6) is 0. The third-order valence-corrected chi connectivity index (χ3v) is 4.25. The molecule has 0 aliphatic carbocycles. The molecular weight excluding hydrogens is 306 g/mol. The minimum Gasteiger partial charge on any atom is -0.320 e. The maximum Gasteiger partial charge on any atom is 0.0661 e. The first-order chi connectivity index (χ1) is 7.58. The fourth-order valence-electron chi connectivity index (χ4n) is 1.62. The van der Waals surface area contributed by atoms with Crippen LogP contribution in [0.3, 0.4) is 0 Å². The van der Waals surface area contributed by atoms with Crippen molar-refractivity contribution in [3.05, 3.63) is 55.1 Å². The minimum absolute atomic E-state index is 0.149. The standard InChI is InChI=1S/C12H11BrClNS/c1-7-4-8(6-9(13)5-7)11(15)12-10(14)2-3-16-12/h2-6,11H,15H2,1H3. The van der Waals surface area contributed by atoms with E-state index in [-0.39, 0.29) is 6.04 Å². The van der Waals surface area contributed by atoms with Gasteiger partial charge in [0, 0.05) is 9.35 Å². The van der Waals surface area contributed by atoms with Crippen molar-refractivity contribution < 1.29 is 0 Å². The minimum atomic E-state index is -0.149. The van der Waals surface area contributed by atoms with Gasteiger partial charge in [-0.3, -0.25) is 0 Å². The first-order valence-electron chi connectivity index (χ1n) is 4.83. The van der Waals surface area contributed by atoms with E-state index in [4.69, 9.17) is 17.3 Å². The van der Waals surface area contributed by atoms with Gasteiger partial charge in [-0.25, -0.2) is 0 Å². The summed E-state index contributed by atoms with van der Waals surface area (Å²) in [7, 11) is 0. The summed E-state index contributed by atoms with van der Waals surface area (Å²) < 4.78 is 1.05. The van der Waals surface area contributed by atoms with Crippen LogP contribution in [-0.2, 0) is 0 Å². The second kappa shape index (κ2) is 4.88. The van der Waals surface area contributed by atoms with Crippen molar-refractivity contribution in [1.82, 2.24) is 0 Å². The summed E-state index contributed by atoms with van der Waals surface area (Å²) in [6.07, 6.45) is 0. The van der Waals surface area contributed by atoms with Crippen molar-refractivity contribution in [2.24, 2.45) is 5.73 Å². The molecular formula is C12H11BrClNS. The molecule has 0 aliphatic heterocycles. The van der Waals surface area contributed by atoms with Crippen LogP contribution >= 0.6 is 38.9 Å². The van der Waals surface area contributed by atoms with Gasteiger partial charge in [-0.05, 0) is 41.6 Å². The van der Waals surface area contributed by atoms with Crippen molar-refractivity contribution in [1.29, 1.82) is 0 Å². The van der Waals surface area contributed by atoms with E-state index >= 15 is 0 Å². The number of nitrogens with two attached hydrogens (primary N) is 1. The molecule has 0 saturated heterocycles. The highest BCUT2D eigenvalue weighted by Gasteiger charge is 2.14. The van der Waals surface area contributed by atoms with Crippen LogP contribution in [0.15, 0.2) is 34.1 Å². The molecule has 0 spiro atoms.